The van der Waals surface area contributed by atoms with E-state index in [0.717, 1.165) is 0 Å². The van der Waals surface area contributed by atoms with E-state index in [1.165, 1.54) is 51.7 Å². The molecule has 1 saturated carbocycles. The highest BCUT2D eigenvalue weighted by Gasteiger charge is 2.35. The van der Waals surface area contributed by atoms with Gasteiger partial charge < -0.3 is 10.2 Å². The zero-order valence-electron chi connectivity index (χ0n) is 8.10. The van der Waals surface area contributed by atoms with Crippen LogP contribution >= 0.6 is 0 Å². The summed E-state index contributed by atoms with van der Waals surface area (Å²) in [6.45, 7) is 3.77. The van der Waals surface area contributed by atoms with Crippen molar-refractivity contribution in [1.29, 1.82) is 0 Å². The van der Waals surface area contributed by atoms with Crippen LogP contribution in [0.3, 0.4) is 0 Å². The topological polar surface area (TPSA) is 15.3 Å². The largest absolute Gasteiger partial charge is 0.310 e. The summed E-state index contributed by atoms with van der Waals surface area (Å²) in [6.07, 6.45) is 6.98. The highest BCUT2D eigenvalue weighted by Crippen LogP contribution is 2.31. The summed E-state index contributed by atoms with van der Waals surface area (Å²) in [6, 6.07) is 0. The van der Waals surface area contributed by atoms with Gasteiger partial charge in [-0.15, -0.1) is 0 Å². The zero-order chi connectivity index (χ0) is 8.44. The third-order valence-corrected chi connectivity index (χ3v) is 3.35. The van der Waals surface area contributed by atoms with E-state index in [9.17, 15) is 0 Å². The lowest BCUT2D eigenvalue weighted by Gasteiger charge is -2.31. The molecule has 0 amide bonds. The molecule has 2 nitrogen and oxygen atoms in total. The summed E-state index contributed by atoms with van der Waals surface area (Å²) in [5, 5.41) is 3.75. The van der Waals surface area contributed by atoms with Gasteiger partial charge in [0.25, 0.3) is 0 Å². The van der Waals surface area contributed by atoms with Gasteiger partial charge in [0.2, 0.25) is 0 Å². The van der Waals surface area contributed by atoms with Gasteiger partial charge in [0.1, 0.15) is 0 Å². The van der Waals surface area contributed by atoms with Gasteiger partial charge in [-0.25, -0.2) is 0 Å². The molecule has 1 N–H and O–H groups in total. The van der Waals surface area contributed by atoms with Crippen molar-refractivity contribution in [2.45, 2.75) is 37.6 Å². The van der Waals surface area contributed by atoms with Gasteiger partial charge in [0.05, 0.1) is 0 Å². The minimum absolute atomic E-state index is 0.505. The number of nitrogens with one attached hydrogen (secondary N) is 1. The summed E-state index contributed by atoms with van der Waals surface area (Å²) < 4.78 is 0. The highest BCUT2D eigenvalue weighted by atomic mass is 15.2. The van der Waals surface area contributed by atoms with Crippen LogP contribution in [0.4, 0.5) is 0 Å². The summed E-state index contributed by atoms with van der Waals surface area (Å²) in [5.74, 6) is 0. The first-order valence-corrected chi connectivity index (χ1v) is 5.24. The van der Waals surface area contributed by atoms with Crippen LogP contribution in [-0.4, -0.2) is 37.1 Å². The summed E-state index contributed by atoms with van der Waals surface area (Å²) in [4.78, 5) is 2.49. The van der Waals surface area contributed by atoms with Crippen molar-refractivity contribution in [3.8, 4) is 0 Å². The maximum atomic E-state index is 3.75. The normalized spacial score (nSPS) is 30.8. The van der Waals surface area contributed by atoms with Gasteiger partial charge in [-0.05, 0) is 39.4 Å². The molecule has 0 aromatic heterocycles. The van der Waals surface area contributed by atoms with Gasteiger partial charge in [0, 0.05) is 12.1 Å². The van der Waals surface area contributed by atoms with Crippen LogP contribution in [0, 0.1) is 0 Å². The quantitative estimate of drug-likeness (QED) is 0.585. The molecule has 2 fully saturated rings. The first kappa shape index (κ1) is 8.52. The molecule has 70 valence electrons. The van der Waals surface area contributed by atoms with E-state index in [4.69, 9.17) is 0 Å². The van der Waals surface area contributed by atoms with Crippen molar-refractivity contribution in [3.05, 3.63) is 0 Å². The van der Waals surface area contributed by atoms with Crippen molar-refractivity contribution in [2.24, 2.45) is 0 Å². The van der Waals surface area contributed by atoms with Gasteiger partial charge in [-0.3, -0.25) is 0 Å². The van der Waals surface area contributed by atoms with Crippen molar-refractivity contribution in [3.63, 3.8) is 0 Å². The standard InChI is InChI=1S/C10H20N2/c1-12-8-4-7-11-10(9-12)5-2-3-6-10/h11H,2-9H2,1H3. The third kappa shape index (κ3) is 1.64. The Labute approximate surface area is 75.3 Å². The summed E-state index contributed by atoms with van der Waals surface area (Å²) in [5.41, 5.74) is 0.505. The van der Waals surface area contributed by atoms with Crippen molar-refractivity contribution < 1.29 is 0 Å². The molecule has 0 aromatic carbocycles. The lowest BCUT2D eigenvalue weighted by molar-refractivity contribution is 0.244. The number of rotatable bonds is 0. The summed E-state index contributed by atoms with van der Waals surface area (Å²) >= 11 is 0. The Kier molecular flexibility index (Phi) is 2.37. The second kappa shape index (κ2) is 3.35. The maximum absolute atomic E-state index is 3.75. The Morgan fingerprint density at radius 1 is 1.17 bits per heavy atom. The molecule has 1 spiro atoms. The molecule has 0 unspecified atom stereocenters. The highest BCUT2D eigenvalue weighted by molar-refractivity contribution is 4.96. The SMILES string of the molecule is CN1CCCNC2(CCCC2)C1. The zero-order valence-corrected chi connectivity index (χ0v) is 8.10. The Hall–Kier alpha value is -0.0800. The first-order chi connectivity index (χ1) is 5.81. The third-order valence-electron chi connectivity index (χ3n) is 3.35. The van der Waals surface area contributed by atoms with Gasteiger partial charge in [-0.2, -0.15) is 0 Å². The van der Waals surface area contributed by atoms with Crippen LogP contribution in [0.15, 0.2) is 0 Å². The predicted octanol–water partition coefficient (Wildman–Crippen LogP) is 1.22. The number of hydrogen-bond acceptors (Lipinski definition) is 2. The molecule has 0 aromatic rings. The predicted molar refractivity (Wildman–Crippen MR) is 51.3 cm³/mol. The van der Waals surface area contributed by atoms with E-state index >= 15 is 0 Å². The number of hydrogen-bond donors (Lipinski definition) is 1. The lowest BCUT2D eigenvalue weighted by atomic mass is 9.97. The van der Waals surface area contributed by atoms with E-state index in [2.05, 4.69) is 17.3 Å². The lowest BCUT2D eigenvalue weighted by Crippen LogP contribution is -2.48. The smallest absolute Gasteiger partial charge is 0.0308 e. The van der Waals surface area contributed by atoms with Crippen LogP contribution in [0.1, 0.15) is 32.1 Å². The van der Waals surface area contributed by atoms with Gasteiger partial charge >= 0.3 is 0 Å². The van der Waals surface area contributed by atoms with Crippen molar-refractivity contribution in [2.75, 3.05) is 26.7 Å². The molecule has 0 bridgehead atoms. The molecule has 1 aliphatic carbocycles. The van der Waals surface area contributed by atoms with Crippen LogP contribution in [0.25, 0.3) is 0 Å². The van der Waals surface area contributed by atoms with E-state index in [1.54, 1.807) is 0 Å². The van der Waals surface area contributed by atoms with E-state index in [1.807, 2.05) is 0 Å². The molecule has 2 rings (SSSR count). The number of nitrogens with zero attached hydrogens (tertiary/aromatic N) is 1. The molecule has 2 heteroatoms. The van der Waals surface area contributed by atoms with E-state index in [-0.39, 0.29) is 0 Å². The number of likely N-dealkylation sites (N-methyl/N-ethyl adjacent to an activating group) is 1. The second-order valence-electron chi connectivity index (χ2n) is 4.51. The fourth-order valence-corrected chi connectivity index (χ4v) is 2.74. The first-order valence-electron chi connectivity index (χ1n) is 5.24. The van der Waals surface area contributed by atoms with Crippen molar-refractivity contribution >= 4 is 0 Å². The Morgan fingerprint density at radius 3 is 2.67 bits per heavy atom. The van der Waals surface area contributed by atoms with Crippen LogP contribution < -0.4 is 5.32 Å². The average Bonchev–Trinajstić information content (AvgIpc) is 2.39. The molecule has 0 radical (unpaired) electrons. The molecular weight excluding hydrogens is 148 g/mol. The molecule has 1 saturated heterocycles. The van der Waals surface area contributed by atoms with Gasteiger partial charge in [-0.1, -0.05) is 12.8 Å². The van der Waals surface area contributed by atoms with Crippen molar-refractivity contribution in [1.82, 2.24) is 10.2 Å². The monoisotopic (exact) mass is 168 g/mol. The summed E-state index contributed by atoms with van der Waals surface area (Å²) in [7, 11) is 2.26. The molecule has 0 atom stereocenters. The Bertz CT molecular complexity index is 150. The minimum Gasteiger partial charge on any atom is -0.310 e. The molecule has 12 heavy (non-hydrogen) atoms. The molecule has 1 aliphatic heterocycles. The fourth-order valence-electron chi connectivity index (χ4n) is 2.74. The fraction of sp³-hybridized carbons (Fsp3) is 1.00. The van der Waals surface area contributed by atoms with Gasteiger partial charge in [0.15, 0.2) is 0 Å². The Balaban J connectivity index is 2.02. The molecular formula is C10H20N2. The molecule has 2 aliphatic rings. The van der Waals surface area contributed by atoms with E-state index < -0.39 is 0 Å². The van der Waals surface area contributed by atoms with Crippen LogP contribution in [0.5, 0.6) is 0 Å². The molecule has 1 heterocycles. The minimum atomic E-state index is 0.505. The Morgan fingerprint density at radius 2 is 1.92 bits per heavy atom. The second-order valence-corrected chi connectivity index (χ2v) is 4.51. The average molecular weight is 168 g/mol. The maximum Gasteiger partial charge on any atom is 0.0308 e. The van der Waals surface area contributed by atoms with Crippen LogP contribution in [-0.2, 0) is 0 Å². The van der Waals surface area contributed by atoms with E-state index in [0.29, 0.717) is 5.54 Å². The van der Waals surface area contributed by atoms with Crippen LogP contribution in [0.2, 0.25) is 0 Å².